The number of hydrogen-bond acceptors (Lipinski definition) is 4. The van der Waals surface area contributed by atoms with Crippen LogP contribution in [-0.2, 0) is 4.79 Å². The molecule has 5 nitrogen and oxygen atoms in total. The van der Waals surface area contributed by atoms with Gasteiger partial charge in [-0.05, 0) is 31.7 Å². The van der Waals surface area contributed by atoms with Crippen LogP contribution in [0.2, 0.25) is 0 Å². The first-order valence-electron chi connectivity index (χ1n) is 8.67. The second-order valence-electron chi connectivity index (χ2n) is 6.61. The molecule has 1 aliphatic heterocycles. The summed E-state index contributed by atoms with van der Waals surface area (Å²) < 4.78 is 0. The molecule has 0 bridgehead atoms. The highest BCUT2D eigenvalue weighted by molar-refractivity contribution is 5.79. The Morgan fingerprint density at radius 2 is 1.96 bits per heavy atom. The Morgan fingerprint density at radius 3 is 2.65 bits per heavy atom. The van der Waals surface area contributed by atoms with Gasteiger partial charge in [0.05, 0.1) is 17.4 Å². The fourth-order valence-electron chi connectivity index (χ4n) is 3.68. The summed E-state index contributed by atoms with van der Waals surface area (Å²) in [6, 6.07) is 4.25. The lowest BCUT2D eigenvalue weighted by molar-refractivity contribution is -0.126. The van der Waals surface area contributed by atoms with Crippen LogP contribution >= 0.6 is 0 Å². The number of nitriles is 1. The summed E-state index contributed by atoms with van der Waals surface area (Å²) in [5.74, 6) is 0.479. The molecule has 0 atom stereocenters. The summed E-state index contributed by atoms with van der Waals surface area (Å²) in [5.41, 5.74) is 1.58. The lowest BCUT2D eigenvalue weighted by Gasteiger charge is -2.35. The Bertz CT molecular complexity index is 581. The third kappa shape index (κ3) is 3.82. The number of hydrogen-bond donors (Lipinski definition) is 1. The minimum atomic E-state index is 0.227. The number of piperidine rings is 1. The summed E-state index contributed by atoms with van der Waals surface area (Å²) in [4.78, 5) is 18.7. The van der Waals surface area contributed by atoms with E-state index in [-0.39, 0.29) is 17.9 Å². The molecular formula is C18H24N4O. The summed E-state index contributed by atoms with van der Waals surface area (Å²) in [5, 5.41) is 12.4. The van der Waals surface area contributed by atoms with Crippen molar-refractivity contribution in [2.24, 2.45) is 5.92 Å². The average molecular weight is 312 g/mol. The molecular weight excluding hydrogens is 288 g/mol. The Balaban J connectivity index is 1.52. The van der Waals surface area contributed by atoms with Gasteiger partial charge in [-0.2, -0.15) is 5.26 Å². The first-order valence-corrected chi connectivity index (χ1v) is 8.67. The van der Waals surface area contributed by atoms with Crippen LogP contribution in [0.3, 0.4) is 0 Å². The van der Waals surface area contributed by atoms with E-state index < -0.39 is 0 Å². The van der Waals surface area contributed by atoms with Crippen LogP contribution in [0.5, 0.6) is 0 Å². The van der Waals surface area contributed by atoms with E-state index in [0.29, 0.717) is 5.56 Å². The fourth-order valence-corrected chi connectivity index (χ4v) is 3.68. The molecule has 1 saturated heterocycles. The van der Waals surface area contributed by atoms with E-state index in [4.69, 9.17) is 0 Å². The first kappa shape index (κ1) is 15.8. The zero-order chi connectivity index (χ0) is 16.1. The molecule has 0 aromatic carbocycles. The Kier molecular flexibility index (Phi) is 5.12. The van der Waals surface area contributed by atoms with Crippen LogP contribution < -0.4 is 10.2 Å². The van der Waals surface area contributed by atoms with Crippen LogP contribution in [0.15, 0.2) is 18.5 Å². The molecule has 1 amide bonds. The first-order chi connectivity index (χ1) is 11.3. The van der Waals surface area contributed by atoms with Gasteiger partial charge in [0.2, 0.25) is 5.91 Å². The normalized spacial score (nSPS) is 20.0. The van der Waals surface area contributed by atoms with E-state index in [2.05, 4.69) is 21.3 Å². The maximum absolute atomic E-state index is 12.3. The van der Waals surface area contributed by atoms with Crippen LogP contribution in [-0.4, -0.2) is 30.0 Å². The number of nitrogens with zero attached hydrogens (tertiary/aromatic N) is 3. The largest absolute Gasteiger partial charge is 0.369 e. The van der Waals surface area contributed by atoms with Gasteiger partial charge in [0.15, 0.2) is 0 Å². The van der Waals surface area contributed by atoms with Crippen molar-refractivity contribution in [1.29, 1.82) is 5.26 Å². The molecule has 122 valence electrons. The van der Waals surface area contributed by atoms with Crippen molar-refractivity contribution in [3.8, 4) is 6.07 Å². The predicted molar refractivity (Wildman–Crippen MR) is 88.9 cm³/mol. The molecule has 3 rings (SSSR count). The lowest BCUT2D eigenvalue weighted by Crippen LogP contribution is -2.46. The minimum absolute atomic E-state index is 0.227. The summed E-state index contributed by atoms with van der Waals surface area (Å²) >= 11 is 0. The van der Waals surface area contributed by atoms with Crippen molar-refractivity contribution in [3.63, 3.8) is 0 Å². The summed E-state index contributed by atoms with van der Waals surface area (Å²) in [6.45, 7) is 1.71. The Morgan fingerprint density at radius 1 is 1.22 bits per heavy atom. The van der Waals surface area contributed by atoms with Crippen LogP contribution in [0.4, 0.5) is 5.69 Å². The van der Waals surface area contributed by atoms with E-state index >= 15 is 0 Å². The summed E-state index contributed by atoms with van der Waals surface area (Å²) in [7, 11) is 0. The van der Waals surface area contributed by atoms with Gasteiger partial charge < -0.3 is 10.2 Å². The molecule has 1 aromatic heterocycles. The standard InChI is InChI=1S/C18H24N4O/c19-12-15-6-9-20-13-17(15)22-10-7-16(8-11-22)21-18(23)14-4-2-1-3-5-14/h6,9,13-14,16H,1-5,7-8,10-11H2,(H,21,23). The van der Waals surface area contributed by atoms with Crippen molar-refractivity contribution in [2.75, 3.05) is 18.0 Å². The third-order valence-electron chi connectivity index (χ3n) is 5.08. The number of rotatable bonds is 3. The number of nitrogens with one attached hydrogen (secondary N) is 1. The van der Waals surface area contributed by atoms with Gasteiger partial charge in [-0.15, -0.1) is 0 Å². The van der Waals surface area contributed by atoms with Crippen molar-refractivity contribution in [1.82, 2.24) is 10.3 Å². The van der Waals surface area contributed by atoms with Crippen molar-refractivity contribution < 1.29 is 4.79 Å². The zero-order valence-corrected chi connectivity index (χ0v) is 13.5. The van der Waals surface area contributed by atoms with Gasteiger partial charge in [0, 0.05) is 31.2 Å². The highest BCUT2D eigenvalue weighted by Gasteiger charge is 2.26. The fraction of sp³-hybridized carbons (Fsp3) is 0.611. The lowest BCUT2D eigenvalue weighted by atomic mass is 9.88. The molecule has 2 heterocycles. The topological polar surface area (TPSA) is 69.0 Å². The van der Waals surface area contributed by atoms with Gasteiger partial charge in [-0.1, -0.05) is 19.3 Å². The van der Waals surface area contributed by atoms with Crippen LogP contribution in [0.25, 0.3) is 0 Å². The second kappa shape index (κ2) is 7.45. The Hall–Kier alpha value is -2.09. The van der Waals surface area contributed by atoms with Crippen molar-refractivity contribution in [3.05, 3.63) is 24.0 Å². The molecule has 2 aliphatic rings. The molecule has 2 fully saturated rings. The van der Waals surface area contributed by atoms with E-state index in [9.17, 15) is 10.1 Å². The number of pyridine rings is 1. The number of anilines is 1. The van der Waals surface area contributed by atoms with Crippen LogP contribution in [0.1, 0.15) is 50.5 Å². The van der Waals surface area contributed by atoms with E-state index in [0.717, 1.165) is 44.5 Å². The number of amides is 1. The molecule has 5 heteroatoms. The molecule has 0 radical (unpaired) electrons. The maximum atomic E-state index is 12.3. The van der Waals surface area contributed by atoms with E-state index in [1.165, 1.54) is 19.3 Å². The van der Waals surface area contributed by atoms with E-state index in [1.807, 2.05) is 0 Å². The quantitative estimate of drug-likeness (QED) is 0.931. The number of aromatic nitrogens is 1. The SMILES string of the molecule is N#Cc1ccncc1N1CCC(NC(=O)C2CCCCC2)CC1. The van der Waals surface area contributed by atoms with E-state index in [1.54, 1.807) is 18.5 Å². The van der Waals surface area contributed by atoms with Crippen LogP contribution in [0, 0.1) is 17.2 Å². The zero-order valence-electron chi connectivity index (χ0n) is 13.5. The third-order valence-corrected chi connectivity index (χ3v) is 5.08. The van der Waals surface area contributed by atoms with Crippen molar-refractivity contribution in [2.45, 2.75) is 51.0 Å². The smallest absolute Gasteiger partial charge is 0.223 e. The molecule has 1 saturated carbocycles. The predicted octanol–water partition coefficient (Wildman–Crippen LogP) is 2.62. The molecule has 23 heavy (non-hydrogen) atoms. The van der Waals surface area contributed by atoms with Gasteiger partial charge in [0.25, 0.3) is 0 Å². The number of carbonyl (C=O) groups is 1. The monoisotopic (exact) mass is 312 g/mol. The maximum Gasteiger partial charge on any atom is 0.223 e. The number of carbonyl (C=O) groups excluding carboxylic acids is 1. The minimum Gasteiger partial charge on any atom is -0.369 e. The highest BCUT2D eigenvalue weighted by atomic mass is 16.1. The second-order valence-corrected chi connectivity index (χ2v) is 6.61. The Labute approximate surface area is 137 Å². The molecule has 1 N–H and O–H groups in total. The van der Waals surface area contributed by atoms with Gasteiger partial charge in [-0.3, -0.25) is 9.78 Å². The molecule has 0 unspecified atom stereocenters. The molecule has 0 spiro atoms. The van der Waals surface area contributed by atoms with Gasteiger partial charge >= 0.3 is 0 Å². The molecule has 1 aromatic rings. The summed E-state index contributed by atoms with van der Waals surface area (Å²) in [6.07, 6.45) is 11.0. The van der Waals surface area contributed by atoms with Crippen molar-refractivity contribution >= 4 is 11.6 Å². The highest BCUT2D eigenvalue weighted by Crippen LogP contribution is 2.25. The average Bonchev–Trinajstić information content (AvgIpc) is 2.63. The van der Waals surface area contributed by atoms with Gasteiger partial charge in [0.1, 0.15) is 6.07 Å². The van der Waals surface area contributed by atoms with Gasteiger partial charge in [-0.25, -0.2) is 0 Å². The molecule has 1 aliphatic carbocycles.